The van der Waals surface area contributed by atoms with E-state index in [1.165, 1.54) is 11.3 Å². The van der Waals surface area contributed by atoms with E-state index in [0.29, 0.717) is 0 Å². The SMILES string of the molecule is FC(F)(F)CCC(Cl)c1cccs1. The van der Waals surface area contributed by atoms with Gasteiger partial charge in [0.2, 0.25) is 0 Å². The van der Waals surface area contributed by atoms with Gasteiger partial charge in [-0.05, 0) is 17.9 Å². The molecule has 13 heavy (non-hydrogen) atoms. The number of alkyl halides is 4. The Bertz CT molecular complexity index is 242. The maximum atomic E-state index is 11.8. The largest absolute Gasteiger partial charge is 0.389 e. The second kappa shape index (κ2) is 4.33. The maximum Gasteiger partial charge on any atom is 0.389 e. The summed E-state index contributed by atoms with van der Waals surface area (Å²) in [6.07, 6.45) is -4.98. The molecular formula is C8H8ClF3S. The molecule has 0 N–H and O–H groups in total. The molecular weight excluding hydrogens is 221 g/mol. The summed E-state index contributed by atoms with van der Waals surface area (Å²) in [4.78, 5) is 0.797. The normalized spacial score (nSPS) is 14.5. The van der Waals surface area contributed by atoms with Gasteiger partial charge in [0, 0.05) is 11.3 Å². The molecule has 0 aliphatic carbocycles. The van der Waals surface area contributed by atoms with Gasteiger partial charge in [0.25, 0.3) is 0 Å². The van der Waals surface area contributed by atoms with Gasteiger partial charge in [0.05, 0.1) is 5.38 Å². The van der Waals surface area contributed by atoms with Crippen molar-refractivity contribution in [2.24, 2.45) is 0 Å². The zero-order valence-corrected chi connectivity index (χ0v) is 8.22. The van der Waals surface area contributed by atoms with Crippen LogP contribution in [0.25, 0.3) is 0 Å². The predicted octanol–water partition coefficient (Wildman–Crippen LogP) is 4.37. The van der Waals surface area contributed by atoms with Crippen LogP contribution < -0.4 is 0 Å². The highest BCUT2D eigenvalue weighted by atomic mass is 35.5. The molecule has 0 saturated heterocycles. The van der Waals surface area contributed by atoms with E-state index in [1.54, 1.807) is 17.5 Å². The molecule has 1 rings (SSSR count). The summed E-state index contributed by atoms with van der Waals surface area (Å²) in [6, 6.07) is 3.53. The van der Waals surface area contributed by atoms with Crippen LogP contribution in [0.3, 0.4) is 0 Å². The fourth-order valence-electron chi connectivity index (χ4n) is 0.902. The van der Waals surface area contributed by atoms with E-state index in [9.17, 15) is 13.2 Å². The summed E-state index contributed by atoms with van der Waals surface area (Å²) in [5.74, 6) is 0. The Morgan fingerprint density at radius 3 is 2.62 bits per heavy atom. The third kappa shape index (κ3) is 4.00. The van der Waals surface area contributed by atoms with Crippen molar-refractivity contribution in [1.82, 2.24) is 0 Å². The van der Waals surface area contributed by atoms with Crippen LogP contribution in [0, 0.1) is 0 Å². The summed E-state index contributed by atoms with van der Waals surface area (Å²) in [5, 5.41) is 1.29. The Morgan fingerprint density at radius 1 is 1.46 bits per heavy atom. The Kier molecular flexibility index (Phi) is 3.62. The minimum atomic E-state index is -4.11. The van der Waals surface area contributed by atoms with E-state index in [2.05, 4.69) is 0 Å². The Labute approximate surface area is 83.3 Å². The van der Waals surface area contributed by atoms with E-state index in [1.807, 2.05) is 0 Å². The monoisotopic (exact) mass is 228 g/mol. The quantitative estimate of drug-likeness (QED) is 0.674. The number of hydrogen-bond donors (Lipinski definition) is 0. The lowest BCUT2D eigenvalue weighted by atomic mass is 10.2. The van der Waals surface area contributed by atoms with Crippen molar-refractivity contribution in [2.45, 2.75) is 24.4 Å². The average molecular weight is 229 g/mol. The molecule has 1 heterocycles. The smallest absolute Gasteiger partial charge is 0.171 e. The highest BCUT2D eigenvalue weighted by Crippen LogP contribution is 2.33. The molecule has 1 atom stereocenters. The van der Waals surface area contributed by atoms with Gasteiger partial charge in [-0.3, -0.25) is 0 Å². The molecule has 74 valence electrons. The van der Waals surface area contributed by atoms with Crippen LogP contribution in [0.4, 0.5) is 13.2 Å². The van der Waals surface area contributed by atoms with Crippen molar-refractivity contribution >= 4 is 22.9 Å². The van der Waals surface area contributed by atoms with Gasteiger partial charge in [-0.15, -0.1) is 22.9 Å². The van der Waals surface area contributed by atoms with Gasteiger partial charge in [-0.25, -0.2) is 0 Å². The molecule has 0 saturated carbocycles. The van der Waals surface area contributed by atoms with Crippen molar-refractivity contribution in [3.8, 4) is 0 Å². The van der Waals surface area contributed by atoms with Crippen molar-refractivity contribution in [3.05, 3.63) is 22.4 Å². The zero-order chi connectivity index (χ0) is 9.90. The van der Waals surface area contributed by atoms with Crippen molar-refractivity contribution in [1.29, 1.82) is 0 Å². The number of hydrogen-bond acceptors (Lipinski definition) is 1. The molecule has 0 nitrogen and oxygen atoms in total. The van der Waals surface area contributed by atoms with E-state index in [4.69, 9.17) is 11.6 Å². The topological polar surface area (TPSA) is 0 Å². The van der Waals surface area contributed by atoms with E-state index in [-0.39, 0.29) is 6.42 Å². The summed E-state index contributed by atoms with van der Waals surface area (Å²) in [5.41, 5.74) is 0. The minimum absolute atomic E-state index is 0.0500. The molecule has 0 bridgehead atoms. The summed E-state index contributed by atoms with van der Waals surface area (Å²) < 4.78 is 35.4. The fraction of sp³-hybridized carbons (Fsp3) is 0.500. The van der Waals surface area contributed by atoms with Gasteiger partial charge >= 0.3 is 6.18 Å². The van der Waals surface area contributed by atoms with Gasteiger partial charge in [0.1, 0.15) is 0 Å². The molecule has 1 aromatic rings. The van der Waals surface area contributed by atoms with Crippen molar-refractivity contribution in [3.63, 3.8) is 0 Å². The van der Waals surface area contributed by atoms with Crippen LogP contribution in [0.5, 0.6) is 0 Å². The third-order valence-electron chi connectivity index (χ3n) is 1.53. The summed E-state index contributed by atoms with van der Waals surface area (Å²) >= 11 is 7.15. The lowest BCUT2D eigenvalue weighted by molar-refractivity contribution is -0.135. The van der Waals surface area contributed by atoms with Crippen molar-refractivity contribution in [2.75, 3.05) is 0 Å². The van der Waals surface area contributed by atoms with Crippen LogP contribution in [0.2, 0.25) is 0 Å². The molecule has 0 radical (unpaired) electrons. The fourth-order valence-corrected chi connectivity index (χ4v) is 1.98. The highest BCUT2D eigenvalue weighted by Gasteiger charge is 2.28. The van der Waals surface area contributed by atoms with Crippen LogP contribution in [-0.2, 0) is 0 Å². The minimum Gasteiger partial charge on any atom is -0.171 e. The first kappa shape index (κ1) is 10.9. The zero-order valence-electron chi connectivity index (χ0n) is 6.64. The highest BCUT2D eigenvalue weighted by molar-refractivity contribution is 7.10. The molecule has 0 amide bonds. The van der Waals surface area contributed by atoms with Crippen LogP contribution in [0.1, 0.15) is 23.1 Å². The first-order valence-corrected chi connectivity index (χ1v) is 5.05. The lowest BCUT2D eigenvalue weighted by Gasteiger charge is -2.09. The second-order valence-corrected chi connectivity index (χ2v) is 4.14. The number of rotatable bonds is 3. The van der Waals surface area contributed by atoms with Gasteiger partial charge in [-0.2, -0.15) is 13.2 Å². The molecule has 0 aromatic carbocycles. The molecule has 1 aromatic heterocycles. The second-order valence-electron chi connectivity index (χ2n) is 2.64. The first-order valence-electron chi connectivity index (χ1n) is 3.73. The summed E-state index contributed by atoms with van der Waals surface area (Å²) in [6.45, 7) is 0. The maximum absolute atomic E-state index is 11.8. The molecule has 0 aliphatic heterocycles. The predicted molar refractivity (Wildman–Crippen MR) is 48.2 cm³/mol. The van der Waals surface area contributed by atoms with E-state index >= 15 is 0 Å². The third-order valence-corrected chi connectivity index (χ3v) is 3.10. The average Bonchev–Trinajstić information content (AvgIpc) is 2.50. The molecule has 0 fully saturated rings. The molecule has 0 aliphatic rings. The molecule has 5 heteroatoms. The Balaban J connectivity index is 2.39. The van der Waals surface area contributed by atoms with Gasteiger partial charge in [0.15, 0.2) is 0 Å². The molecule has 0 spiro atoms. The van der Waals surface area contributed by atoms with E-state index < -0.39 is 18.0 Å². The van der Waals surface area contributed by atoms with Gasteiger partial charge in [-0.1, -0.05) is 6.07 Å². The van der Waals surface area contributed by atoms with Crippen molar-refractivity contribution < 1.29 is 13.2 Å². The standard InChI is InChI=1S/C8H8ClF3S/c9-6(3-4-8(10,11)12)7-2-1-5-13-7/h1-2,5-6H,3-4H2. The Hall–Kier alpha value is -0.220. The Morgan fingerprint density at radius 2 is 2.15 bits per heavy atom. The van der Waals surface area contributed by atoms with Gasteiger partial charge < -0.3 is 0 Å². The number of halogens is 4. The summed E-state index contributed by atoms with van der Waals surface area (Å²) in [7, 11) is 0. The van der Waals surface area contributed by atoms with E-state index in [0.717, 1.165) is 4.88 Å². The first-order chi connectivity index (χ1) is 5.99. The molecule has 1 unspecified atom stereocenters. The lowest BCUT2D eigenvalue weighted by Crippen LogP contribution is -2.07. The van der Waals surface area contributed by atoms with Crippen LogP contribution in [-0.4, -0.2) is 6.18 Å². The number of thiophene rings is 1. The van der Waals surface area contributed by atoms with Crippen LogP contribution >= 0.6 is 22.9 Å². The van der Waals surface area contributed by atoms with Crippen LogP contribution in [0.15, 0.2) is 17.5 Å².